The predicted molar refractivity (Wildman–Crippen MR) is 123 cm³/mol. The number of ether oxygens (including phenoxy) is 1. The molecule has 2 bridgehead atoms. The molecule has 3 aromatic carbocycles. The number of phenols is 2. The maximum atomic E-state index is 12.1. The molecule has 7 rings (SSSR count). The minimum Gasteiger partial charge on any atom is -0.506 e. The average Bonchev–Trinajstić information content (AvgIpc) is 2.83. The highest BCUT2D eigenvalue weighted by molar-refractivity contribution is 6.05. The number of phenolic OH excluding ortho intramolecular Hbond substituents is 2. The quantitative estimate of drug-likeness (QED) is 0.269. The van der Waals surface area contributed by atoms with Gasteiger partial charge in [-0.1, -0.05) is 12.1 Å². The van der Waals surface area contributed by atoms with Gasteiger partial charge < -0.3 is 25.2 Å². The molecule has 35 heavy (non-hydrogen) atoms. The van der Waals surface area contributed by atoms with E-state index in [2.05, 4.69) is 19.9 Å². The van der Waals surface area contributed by atoms with Crippen molar-refractivity contribution in [2.75, 3.05) is 0 Å². The number of benzene rings is 3. The largest absolute Gasteiger partial charge is 0.506 e. The number of carboxylic acids is 1. The maximum Gasteiger partial charge on any atom is 0.338 e. The van der Waals surface area contributed by atoms with Gasteiger partial charge in [0.15, 0.2) is 6.10 Å². The highest BCUT2D eigenvalue weighted by atomic mass is 16.5. The molecule has 0 saturated carbocycles. The number of hydrogen-bond acceptors (Lipinski definition) is 9. The SMILES string of the molecule is O=C(O)c1cc2c(c3nc4c(O)cccc4nc13)[C@@H]1Cc3nc4cccc(O)c4nc3[C@H](O2)[C@@H]1O. The zero-order valence-electron chi connectivity index (χ0n) is 17.9. The lowest BCUT2D eigenvalue weighted by Gasteiger charge is -2.41. The molecule has 10 heteroatoms. The van der Waals surface area contributed by atoms with Gasteiger partial charge >= 0.3 is 5.97 Å². The van der Waals surface area contributed by atoms with Gasteiger partial charge in [-0.05, 0) is 30.3 Å². The van der Waals surface area contributed by atoms with Crippen LogP contribution in [-0.4, -0.2) is 52.4 Å². The first kappa shape index (κ1) is 19.9. The Bertz CT molecular complexity index is 1750. The molecule has 0 radical (unpaired) electrons. The monoisotopic (exact) mass is 468 g/mol. The lowest BCUT2D eigenvalue weighted by atomic mass is 9.77. The van der Waals surface area contributed by atoms with E-state index in [9.17, 15) is 25.2 Å². The maximum absolute atomic E-state index is 12.1. The van der Waals surface area contributed by atoms with Crippen molar-refractivity contribution in [2.45, 2.75) is 24.5 Å². The number of hydrogen-bond donors (Lipinski definition) is 4. The molecule has 5 aromatic rings. The molecule has 2 aromatic heterocycles. The summed E-state index contributed by atoms with van der Waals surface area (Å²) in [5.74, 6) is -1.60. The first-order chi connectivity index (χ1) is 16.9. The summed E-state index contributed by atoms with van der Waals surface area (Å²) in [6, 6.07) is 11.0. The second kappa shape index (κ2) is 6.73. The summed E-state index contributed by atoms with van der Waals surface area (Å²) in [6.07, 6.45) is -1.63. The minimum absolute atomic E-state index is 0.0354. The molecule has 1 aliphatic carbocycles. The van der Waals surface area contributed by atoms with Crippen LogP contribution in [0, 0.1) is 0 Å². The number of aromatic nitrogens is 4. The van der Waals surface area contributed by atoms with Gasteiger partial charge in [0.25, 0.3) is 0 Å². The Balaban J connectivity index is 1.52. The third-order valence-corrected chi connectivity index (χ3v) is 6.76. The van der Waals surface area contributed by atoms with Gasteiger partial charge in [0.2, 0.25) is 0 Å². The van der Waals surface area contributed by atoms with Crippen LogP contribution in [0.1, 0.15) is 39.3 Å². The number of carbonyl (C=O) groups is 1. The summed E-state index contributed by atoms with van der Waals surface area (Å²) in [4.78, 5) is 30.4. The van der Waals surface area contributed by atoms with Crippen LogP contribution < -0.4 is 4.74 Å². The van der Waals surface area contributed by atoms with Gasteiger partial charge in [0, 0.05) is 17.9 Å². The molecule has 10 nitrogen and oxygen atoms in total. The molecule has 0 spiro atoms. The normalized spacial score (nSPS) is 20.4. The van der Waals surface area contributed by atoms with E-state index in [1.54, 1.807) is 24.3 Å². The van der Waals surface area contributed by atoms with Crippen LogP contribution in [0.4, 0.5) is 0 Å². The van der Waals surface area contributed by atoms with E-state index >= 15 is 0 Å². The zero-order chi connectivity index (χ0) is 24.0. The lowest BCUT2D eigenvalue weighted by molar-refractivity contribution is -0.0110. The number of carboxylic acid groups (broad SMARTS) is 1. The van der Waals surface area contributed by atoms with Crippen molar-refractivity contribution in [2.24, 2.45) is 0 Å². The minimum atomic E-state index is -1.21. The van der Waals surface area contributed by atoms with Gasteiger partial charge in [-0.15, -0.1) is 0 Å². The van der Waals surface area contributed by atoms with Crippen LogP contribution in [0.25, 0.3) is 33.1 Å². The predicted octanol–water partition coefficient (Wildman–Crippen LogP) is 2.97. The standard InChI is InChI=1S/C25H16N4O6/c30-14-5-1-3-11-19(14)28-21-13(26-11)7-9-17-16(35-24(21)23(9)32)8-10(25(33)34)18-22(17)29-20-12(27-18)4-2-6-15(20)31/h1-6,8-9,23-24,30-32H,7H2,(H,33,34)/t9-,23+,24-/m0/s1. The van der Waals surface area contributed by atoms with Crippen LogP contribution in [0.2, 0.25) is 0 Å². The summed E-state index contributed by atoms with van der Waals surface area (Å²) in [5.41, 5.74) is 3.18. The number of fused-ring (bicyclic) bond motifs is 10. The van der Waals surface area contributed by atoms with E-state index in [-0.39, 0.29) is 39.4 Å². The molecule has 0 amide bonds. The first-order valence-corrected chi connectivity index (χ1v) is 10.9. The van der Waals surface area contributed by atoms with Gasteiger partial charge in [0.05, 0.1) is 27.8 Å². The number of rotatable bonds is 1. The second-order valence-corrected chi connectivity index (χ2v) is 8.75. The van der Waals surface area contributed by atoms with Crippen molar-refractivity contribution in [3.63, 3.8) is 0 Å². The third-order valence-electron chi connectivity index (χ3n) is 6.76. The van der Waals surface area contributed by atoms with Crippen LogP contribution in [0.5, 0.6) is 17.2 Å². The lowest BCUT2D eigenvalue weighted by Crippen LogP contribution is -2.41. The van der Waals surface area contributed by atoms with Crippen molar-refractivity contribution >= 4 is 39.1 Å². The van der Waals surface area contributed by atoms with Gasteiger partial charge in [0.1, 0.15) is 45.6 Å². The summed E-state index contributed by atoms with van der Waals surface area (Å²) >= 11 is 0. The van der Waals surface area contributed by atoms with Crippen LogP contribution in [0.15, 0.2) is 42.5 Å². The number of aliphatic hydroxyl groups is 1. The fourth-order valence-corrected chi connectivity index (χ4v) is 5.18. The van der Waals surface area contributed by atoms with E-state index in [1.165, 1.54) is 18.2 Å². The molecule has 172 valence electrons. The fraction of sp³-hybridized carbons (Fsp3) is 0.160. The second-order valence-electron chi connectivity index (χ2n) is 8.75. The van der Waals surface area contributed by atoms with Gasteiger partial charge in [-0.2, -0.15) is 0 Å². The third kappa shape index (κ3) is 2.65. The molecule has 3 atom stereocenters. The van der Waals surface area contributed by atoms with Crippen molar-refractivity contribution in [1.29, 1.82) is 0 Å². The summed E-state index contributed by atoms with van der Waals surface area (Å²) in [7, 11) is 0. The van der Waals surface area contributed by atoms with Crippen molar-refractivity contribution < 1.29 is 30.0 Å². The van der Waals surface area contributed by atoms with Crippen molar-refractivity contribution in [1.82, 2.24) is 19.9 Å². The van der Waals surface area contributed by atoms with Crippen molar-refractivity contribution in [3.8, 4) is 17.2 Å². The van der Waals surface area contributed by atoms with E-state index < -0.39 is 24.1 Å². The average molecular weight is 468 g/mol. The first-order valence-electron chi connectivity index (χ1n) is 10.9. The molecule has 0 fully saturated rings. The molecule has 0 saturated heterocycles. The fourth-order valence-electron chi connectivity index (χ4n) is 5.18. The molecule has 4 N–H and O–H groups in total. The van der Waals surface area contributed by atoms with E-state index in [1.807, 2.05) is 0 Å². The Hall–Kier alpha value is -4.57. The van der Waals surface area contributed by atoms with Gasteiger partial charge in [-0.25, -0.2) is 24.7 Å². The van der Waals surface area contributed by atoms with Gasteiger partial charge in [-0.3, -0.25) is 0 Å². The zero-order valence-corrected chi connectivity index (χ0v) is 17.9. The number of para-hydroxylation sites is 2. The molecule has 3 heterocycles. The summed E-state index contributed by atoms with van der Waals surface area (Å²) in [5, 5.41) is 41.8. The topological polar surface area (TPSA) is 159 Å². The molecule has 1 aliphatic heterocycles. The Morgan fingerprint density at radius 3 is 2.29 bits per heavy atom. The summed E-state index contributed by atoms with van der Waals surface area (Å²) < 4.78 is 6.14. The molecular weight excluding hydrogens is 452 g/mol. The van der Waals surface area contributed by atoms with Crippen LogP contribution >= 0.6 is 0 Å². The Morgan fingerprint density at radius 1 is 0.886 bits per heavy atom. The molecule has 2 aliphatic rings. The summed E-state index contributed by atoms with van der Waals surface area (Å²) in [6.45, 7) is 0. The van der Waals surface area contributed by atoms with Crippen LogP contribution in [-0.2, 0) is 6.42 Å². The van der Waals surface area contributed by atoms with E-state index in [4.69, 9.17) is 4.74 Å². The molecule has 0 unspecified atom stereocenters. The van der Waals surface area contributed by atoms with Crippen molar-refractivity contribution in [3.05, 3.63) is 65.0 Å². The highest BCUT2D eigenvalue weighted by Gasteiger charge is 2.46. The number of aromatic hydroxyl groups is 2. The highest BCUT2D eigenvalue weighted by Crippen LogP contribution is 2.50. The smallest absolute Gasteiger partial charge is 0.338 e. The number of nitrogens with zero attached hydrogens (tertiary/aromatic N) is 4. The Labute approximate surface area is 196 Å². The van der Waals surface area contributed by atoms with Crippen LogP contribution in [0.3, 0.4) is 0 Å². The Kier molecular flexibility index (Phi) is 3.82. The number of aliphatic hydroxyl groups excluding tert-OH is 1. The number of aromatic carboxylic acids is 1. The molecular formula is C25H16N4O6. The van der Waals surface area contributed by atoms with E-state index in [0.29, 0.717) is 39.9 Å². The van der Waals surface area contributed by atoms with E-state index in [0.717, 1.165) is 0 Å². The Morgan fingerprint density at radius 2 is 1.57 bits per heavy atom.